The Morgan fingerprint density at radius 2 is 1.71 bits per heavy atom. The molecule has 2 aromatic rings. The summed E-state index contributed by atoms with van der Waals surface area (Å²) in [5.74, 6) is -1.15. The number of benzene rings is 1. The summed E-state index contributed by atoms with van der Waals surface area (Å²) in [5, 5.41) is 9.08. The van der Waals surface area contributed by atoms with Crippen LogP contribution in [0.4, 0.5) is 5.69 Å². The predicted molar refractivity (Wildman–Crippen MR) is 89.8 cm³/mol. The zero-order valence-corrected chi connectivity index (χ0v) is 14.1. The molecule has 0 radical (unpaired) electrons. The van der Waals surface area contributed by atoms with Gasteiger partial charge in [-0.3, -0.25) is 0 Å². The maximum Gasteiger partial charge on any atom is 0.352 e. The van der Waals surface area contributed by atoms with Crippen LogP contribution in [-0.2, 0) is 17.1 Å². The molecule has 128 valence electrons. The van der Waals surface area contributed by atoms with Gasteiger partial charge in [-0.1, -0.05) is 18.2 Å². The third-order valence-corrected chi connectivity index (χ3v) is 6.06. The third-order valence-electron chi connectivity index (χ3n) is 4.20. The van der Waals surface area contributed by atoms with Gasteiger partial charge in [0.05, 0.1) is 0 Å². The number of para-hydroxylation sites is 1. The van der Waals surface area contributed by atoms with Crippen molar-refractivity contribution in [3.05, 3.63) is 48.3 Å². The van der Waals surface area contributed by atoms with Crippen molar-refractivity contribution in [2.24, 2.45) is 7.05 Å². The maximum absolute atomic E-state index is 12.7. The van der Waals surface area contributed by atoms with E-state index in [9.17, 15) is 13.2 Å². The van der Waals surface area contributed by atoms with E-state index in [1.807, 2.05) is 30.3 Å². The lowest BCUT2D eigenvalue weighted by atomic mass is 10.2. The molecule has 1 fully saturated rings. The van der Waals surface area contributed by atoms with Crippen LogP contribution < -0.4 is 4.90 Å². The van der Waals surface area contributed by atoms with Crippen LogP contribution in [0, 0.1) is 0 Å². The smallest absolute Gasteiger partial charge is 0.352 e. The SMILES string of the molecule is Cn1cc(S(=O)(=O)N2CCN(c3ccccc3)CC2)cc1C(=O)O. The number of anilines is 1. The Balaban J connectivity index is 1.75. The van der Waals surface area contributed by atoms with E-state index in [1.165, 1.54) is 28.2 Å². The van der Waals surface area contributed by atoms with Gasteiger partial charge in [-0.05, 0) is 18.2 Å². The maximum atomic E-state index is 12.7. The average Bonchev–Trinajstić information content (AvgIpc) is 2.99. The molecular formula is C16H19N3O4S. The van der Waals surface area contributed by atoms with E-state index < -0.39 is 16.0 Å². The van der Waals surface area contributed by atoms with Crippen LogP contribution in [0.15, 0.2) is 47.5 Å². The number of rotatable bonds is 4. The highest BCUT2D eigenvalue weighted by molar-refractivity contribution is 7.89. The predicted octanol–water partition coefficient (Wildman–Crippen LogP) is 1.23. The Labute approximate surface area is 140 Å². The molecule has 2 heterocycles. The van der Waals surface area contributed by atoms with E-state index in [0.29, 0.717) is 26.2 Å². The van der Waals surface area contributed by atoms with Crippen molar-refractivity contribution in [2.75, 3.05) is 31.1 Å². The van der Waals surface area contributed by atoms with Gasteiger partial charge in [0.2, 0.25) is 10.0 Å². The van der Waals surface area contributed by atoms with Gasteiger partial charge in [-0.15, -0.1) is 0 Å². The van der Waals surface area contributed by atoms with Crippen LogP contribution in [0.3, 0.4) is 0 Å². The second kappa shape index (κ2) is 6.29. The fourth-order valence-corrected chi connectivity index (χ4v) is 4.36. The zero-order chi connectivity index (χ0) is 17.3. The van der Waals surface area contributed by atoms with Crippen molar-refractivity contribution < 1.29 is 18.3 Å². The van der Waals surface area contributed by atoms with Gasteiger partial charge in [0.25, 0.3) is 0 Å². The molecule has 1 aromatic heterocycles. The lowest BCUT2D eigenvalue weighted by molar-refractivity contribution is 0.0686. The van der Waals surface area contributed by atoms with Crippen LogP contribution in [0.1, 0.15) is 10.5 Å². The van der Waals surface area contributed by atoms with E-state index in [0.717, 1.165) is 5.69 Å². The summed E-state index contributed by atoms with van der Waals surface area (Å²) in [6, 6.07) is 11.1. The van der Waals surface area contributed by atoms with Crippen molar-refractivity contribution >= 4 is 21.7 Å². The highest BCUT2D eigenvalue weighted by Crippen LogP contribution is 2.22. The highest BCUT2D eigenvalue weighted by Gasteiger charge is 2.30. The number of aryl methyl sites for hydroxylation is 1. The summed E-state index contributed by atoms with van der Waals surface area (Å²) in [6.45, 7) is 1.94. The first-order chi connectivity index (χ1) is 11.4. The second-order valence-electron chi connectivity index (χ2n) is 5.70. The van der Waals surface area contributed by atoms with Gasteiger partial charge in [0.15, 0.2) is 0 Å². The number of piperazine rings is 1. The van der Waals surface area contributed by atoms with E-state index >= 15 is 0 Å². The van der Waals surface area contributed by atoms with Gasteiger partial charge in [0.1, 0.15) is 10.6 Å². The Morgan fingerprint density at radius 1 is 1.08 bits per heavy atom. The number of nitrogens with zero attached hydrogens (tertiary/aromatic N) is 3. The normalized spacial score (nSPS) is 16.3. The summed E-state index contributed by atoms with van der Waals surface area (Å²) >= 11 is 0. The number of hydrogen-bond donors (Lipinski definition) is 1. The van der Waals surface area contributed by atoms with Crippen molar-refractivity contribution in [3.8, 4) is 0 Å². The molecule has 0 unspecified atom stereocenters. The standard InChI is InChI=1S/C16H19N3O4S/c1-17-12-14(11-15(17)16(20)21)24(22,23)19-9-7-18(8-10-19)13-5-3-2-4-6-13/h2-6,11-12H,7-10H2,1H3,(H,20,21). The molecule has 1 aromatic carbocycles. The Bertz CT molecular complexity index is 837. The molecule has 0 atom stereocenters. The molecule has 8 heteroatoms. The molecule has 0 spiro atoms. The second-order valence-corrected chi connectivity index (χ2v) is 7.64. The molecule has 1 aliphatic heterocycles. The fourth-order valence-electron chi connectivity index (χ4n) is 2.86. The Kier molecular flexibility index (Phi) is 4.33. The summed E-state index contributed by atoms with van der Waals surface area (Å²) in [6.07, 6.45) is 1.35. The van der Waals surface area contributed by atoms with Gasteiger partial charge in [-0.25, -0.2) is 13.2 Å². The van der Waals surface area contributed by atoms with E-state index in [2.05, 4.69) is 4.90 Å². The molecule has 7 nitrogen and oxygen atoms in total. The van der Waals surface area contributed by atoms with Crippen molar-refractivity contribution in [3.63, 3.8) is 0 Å². The third kappa shape index (κ3) is 3.02. The summed E-state index contributed by atoms with van der Waals surface area (Å²) in [7, 11) is -2.16. The number of carboxylic acid groups (broad SMARTS) is 1. The minimum absolute atomic E-state index is 0.0237. The van der Waals surface area contributed by atoms with Gasteiger partial charge in [-0.2, -0.15) is 4.31 Å². The molecule has 1 aliphatic rings. The molecule has 0 bridgehead atoms. The number of carbonyl (C=O) groups is 1. The quantitative estimate of drug-likeness (QED) is 0.898. The van der Waals surface area contributed by atoms with E-state index in [-0.39, 0.29) is 10.6 Å². The van der Waals surface area contributed by atoms with Crippen LogP contribution >= 0.6 is 0 Å². The lowest BCUT2D eigenvalue weighted by Crippen LogP contribution is -2.48. The number of carboxylic acids is 1. The first kappa shape index (κ1) is 16.5. The molecule has 1 N–H and O–H groups in total. The molecule has 1 saturated heterocycles. The summed E-state index contributed by atoms with van der Waals surface area (Å²) < 4.78 is 28.2. The van der Waals surface area contributed by atoms with Gasteiger partial charge >= 0.3 is 5.97 Å². The van der Waals surface area contributed by atoms with Crippen LogP contribution in [-0.4, -0.2) is 54.5 Å². The molecule has 0 saturated carbocycles. The lowest BCUT2D eigenvalue weighted by Gasteiger charge is -2.35. The van der Waals surface area contributed by atoms with Crippen molar-refractivity contribution in [1.82, 2.24) is 8.87 Å². The van der Waals surface area contributed by atoms with E-state index in [4.69, 9.17) is 5.11 Å². The first-order valence-corrected chi connectivity index (χ1v) is 9.03. The number of sulfonamides is 1. The largest absolute Gasteiger partial charge is 0.477 e. The highest BCUT2D eigenvalue weighted by atomic mass is 32.2. The molecular weight excluding hydrogens is 330 g/mol. The monoisotopic (exact) mass is 349 g/mol. The molecule has 0 aliphatic carbocycles. The summed E-state index contributed by atoms with van der Waals surface area (Å²) in [4.78, 5) is 13.3. The minimum atomic E-state index is -3.68. The number of aromatic nitrogens is 1. The fraction of sp³-hybridized carbons (Fsp3) is 0.312. The average molecular weight is 349 g/mol. The van der Waals surface area contributed by atoms with Crippen molar-refractivity contribution in [1.29, 1.82) is 0 Å². The van der Waals surface area contributed by atoms with Crippen LogP contribution in [0.5, 0.6) is 0 Å². The van der Waals surface area contributed by atoms with Crippen LogP contribution in [0.2, 0.25) is 0 Å². The van der Waals surface area contributed by atoms with E-state index in [1.54, 1.807) is 0 Å². The summed E-state index contributed by atoms with van der Waals surface area (Å²) in [5.41, 5.74) is 1.03. The van der Waals surface area contributed by atoms with Gasteiger partial charge in [0, 0.05) is 45.1 Å². The zero-order valence-electron chi connectivity index (χ0n) is 13.3. The number of aromatic carboxylic acids is 1. The van der Waals surface area contributed by atoms with Crippen LogP contribution in [0.25, 0.3) is 0 Å². The Hall–Kier alpha value is -2.32. The number of hydrogen-bond acceptors (Lipinski definition) is 4. The molecule has 3 rings (SSSR count). The molecule has 0 amide bonds. The first-order valence-electron chi connectivity index (χ1n) is 7.59. The molecule has 24 heavy (non-hydrogen) atoms. The Morgan fingerprint density at radius 3 is 2.25 bits per heavy atom. The van der Waals surface area contributed by atoms with Gasteiger partial charge < -0.3 is 14.6 Å². The minimum Gasteiger partial charge on any atom is -0.477 e. The van der Waals surface area contributed by atoms with Crippen molar-refractivity contribution in [2.45, 2.75) is 4.90 Å². The topological polar surface area (TPSA) is 82.9 Å².